The predicted molar refractivity (Wildman–Crippen MR) is 107 cm³/mol. The Balaban J connectivity index is 1.27. The van der Waals surface area contributed by atoms with Crippen LogP contribution in [-0.2, 0) is 11.8 Å². The van der Waals surface area contributed by atoms with Gasteiger partial charge in [-0.1, -0.05) is 0 Å². The fraction of sp³-hybridized carbons (Fsp3) is 0.450. The third-order valence-corrected chi connectivity index (χ3v) is 5.72. The van der Waals surface area contributed by atoms with Gasteiger partial charge in [-0.05, 0) is 12.1 Å². The zero-order valence-corrected chi connectivity index (χ0v) is 16.5. The first-order chi connectivity index (χ1) is 14.4. The van der Waals surface area contributed by atoms with Crippen molar-refractivity contribution in [2.24, 2.45) is 7.05 Å². The molecule has 0 unspecified atom stereocenters. The van der Waals surface area contributed by atoms with E-state index in [4.69, 9.17) is 4.74 Å². The van der Waals surface area contributed by atoms with Crippen molar-refractivity contribution in [1.82, 2.24) is 24.6 Å². The molecule has 0 bridgehead atoms. The molecule has 2 aliphatic rings. The third-order valence-electron chi connectivity index (χ3n) is 5.72. The predicted octanol–water partition coefficient (Wildman–Crippen LogP) is 3.02. The van der Waals surface area contributed by atoms with Gasteiger partial charge in [-0.15, -0.1) is 0 Å². The van der Waals surface area contributed by atoms with E-state index in [1.54, 1.807) is 22.0 Å². The number of hydrogen-bond donors (Lipinski definition) is 1. The number of nitrogens with zero attached hydrogens (tertiary/aromatic N) is 5. The quantitative estimate of drug-likeness (QED) is 0.710. The monoisotopic (exact) mass is 416 g/mol. The number of ether oxygens (including phenoxy) is 1. The summed E-state index contributed by atoms with van der Waals surface area (Å²) in [6, 6.07) is 4.03. The normalized spacial score (nSPS) is 19.2. The highest BCUT2D eigenvalue weighted by atomic mass is 19.3. The maximum atomic E-state index is 12.9. The van der Waals surface area contributed by atoms with Gasteiger partial charge in [-0.3, -0.25) is 4.68 Å². The molecular weight excluding hydrogens is 394 g/mol. The van der Waals surface area contributed by atoms with Crippen LogP contribution in [0.25, 0.3) is 22.3 Å². The fourth-order valence-corrected chi connectivity index (χ4v) is 4.04. The molecule has 3 aromatic rings. The number of H-pyrrole nitrogens is 1. The molecular formula is C20H22F2N6O2. The molecule has 2 fully saturated rings. The van der Waals surface area contributed by atoms with E-state index in [0.29, 0.717) is 26.2 Å². The molecule has 1 saturated carbocycles. The van der Waals surface area contributed by atoms with Gasteiger partial charge in [0.05, 0.1) is 11.9 Å². The molecule has 1 saturated heterocycles. The van der Waals surface area contributed by atoms with E-state index in [-0.39, 0.29) is 12.8 Å². The topological polar surface area (TPSA) is 79.3 Å². The first-order valence-electron chi connectivity index (χ1n) is 9.93. The van der Waals surface area contributed by atoms with Crippen LogP contribution >= 0.6 is 0 Å². The van der Waals surface area contributed by atoms with Crippen molar-refractivity contribution in [2.75, 3.05) is 31.1 Å². The van der Waals surface area contributed by atoms with Crippen LogP contribution in [0.15, 0.2) is 30.7 Å². The van der Waals surface area contributed by atoms with E-state index in [1.165, 1.54) is 0 Å². The number of fused-ring (bicyclic) bond motifs is 1. The number of rotatable bonds is 3. The number of halogens is 2. The van der Waals surface area contributed by atoms with Crippen LogP contribution in [0, 0.1) is 0 Å². The number of aromatic nitrogens is 4. The molecule has 1 N–H and O–H groups in total. The SMILES string of the molecule is Cn1cc(-c2cc3c(N4CCN(C(=O)OC5CC(F)(F)C5)CC4)ccnc3[nH]2)cn1. The molecule has 0 atom stereocenters. The molecule has 8 nitrogen and oxygen atoms in total. The van der Waals surface area contributed by atoms with Crippen molar-refractivity contribution in [2.45, 2.75) is 24.9 Å². The molecule has 3 aromatic heterocycles. The summed E-state index contributed by atoms with van der Waals surface area (Å²) in [7, 11) is 1.87. The number of nitrogens with one attached hydrogen (secondary N) is 1. The van der Waals surface area contributed by atoms with E-state index >= 15 is 0 Å². The minimum Gasteiger partial charge on any atom is -0.446 e. The third kappa shape index (κ3) is 3.46. The van der Waals surface area contributed by atoms with Crippen LogP contribution in [0.1, 0.15) is 12.8 Å². The lowest BCUT2D eigenvalue weighted by molar-refractivity contribution is -0.147. The Labute approximate surface area is 171 Å². The second-order valence-electron chi connectivity index (χ2n) is 7.92. The van der Waals surface area contributed by atoms with Crippen LogP contribution in [0.4, 0.5) is 19.3 Å². The van der Waals surface area contributed by atoms with Gasteiger partial charge in [0.15, 0.2) is 0 Å². The van der Waals surface area contributed by atoms with Crippen molar-refractivity contribution >= 4 is 22.8 Å². The van der Waals surface area contributed by atoms with Crippen molar-refractivity contribution in [3.8, 4) is 11.3 Å². The number of hydrogen-bond acceptors (Lipinski definition) is 5. The van der Waals surface area contributed by atoms with E-state index < -0.39 is 18.1 Å². The van der Waals surface area contributed by atoms with E-state index in [1.807, 2.05) is 19.3 Å². The maximum Gasteiger partial charge on any atom is 0.410 e. The largest absolute Gasteiger partial charge is 0.446 e. The molecule has 1 aliphatic heterocycles. The molecule has 4 heterocycles. The minimum atomic E-state index is -2.69. The number of amides is 1. The summed E-state index contributed by atoms with van der Waals surface area (Å²) in [5, 5.41) is 5.22. The number of aryl methyl sites for hydroxylation is 1. The highest BCUT2D eigenvalue weighted by Gasteiger charge is 2.48. The lowest BCUT2D eigenvalue weighted by Gasteiger charge is -2.38. The Morgan fingerprint density at radius 2 is 2.03 bits per heavy atom. The van der Waals surface area contributed by atoms with Gasteiger partial charge >= 0.3 is 6.09 Å². The van der Waals surface area contributed by atoms with Crippen molar-refractivity contribution in [3.05, 3.63) is 30.7 Å². The number of anilines is 1. The summed E-state index contributed by atoms with van der Waals surface area (Å²) in [5.74, 6) is -2.69. The lowest BCUT2D eigenvalue weighted by atomic mass is 9.91. The molecule has 5 rings (SSSR count). The Hall–Kier alpha value is -3.17. The average Bonchev–Trinajstić information content (AvgIpc) is 3.32. The van der Waals surface area contributed by atoms with Crippen LogP contribution in [0.5, 0.6) is 0 Å². The summed E-state index contributed by atoms with van der Waals surface area (Å²) in [6.07, 6.45) is 3.57. The molecule has 10 heteroatoms. The van der Waals surface area contributed by atoms with Crippen LogP contribution in [0.2, 0.25) is 0 Å². The Bertz CT molecular complexity index is 1080. The van der Waals surface area contributed by atoms with Gasteiger partial charge in [0, 0.05) is 75.1 Å². The summed E-state index contributed by atoms with van der Waals surface area (Å²) in [4.78, 5) is 23.8. The summed E-state index contributed by atoms with van der Waals surface area (Å²) < 4.78 is 32.8. The van der Waals surface area contributed by atoms with Crippen LogP contribution in [-0.4, -0.2) is 68.9 Å². The first-order valence-corrected chi connectivity index (χ1v) is 9.93. The zero-order valence-electron chi connectivity index (χ0n) is 16.5. The molecule has 30 heavy (non-hydrogen) atoms. The van der Waals surface area contributed by atoms with Gasteiger partial charge in [0.25, 0.3) is 5.92 Å². The smallest absolute Gasteiger partial charge is 0.410 e. The van der Waals surface area contributed by atoms with Crippen LogP contribution in [0.3, 0.4) is 0 Å². The van der Waals surface area contributed by atoms with Gasteiger partial charge in [0.1, 0.15) is 11.8 Å². The number of carbonyl (C=O) groups excluding carboxylic acids is 1. The number of piperazine rings is 1. The average molecular weight is 416 g/mol. The number of carbonyl (C=O) groups is 1. The fourth-order valence-electron chi connectivity index (χ4n) is 4.04. The van der Waals surface area contributed by atoms with Gasteiger partial charge in [0.2, 0.25) is 0 Å². The molecule has 0 spiro atoms. The first kappa shape index (κ1) is 18.8. The van der Waals surface area contributed by atoms with Gasteiger partial charge in [-0.2, -0.15) is 5.10 Å². The van der Waals surface area contributed by atoms with Crippen molar-refractivity contribution < 1.29 is 18.3 Å². The molecule has 0 radical (unpaired) electrons. The Morgan fingerprint density at radius 1 is 1.27 bits per heavy atom. The zero-order chi connectivity index (χ0) is 20.9. The number of aromatic amines is 1. The standard InChI is InChI=1S/C20H22F2N6O2/c1-26-12-13(11-24-26)16-8-15-17(2-3-23-18(15)25-16)27-4-6-28(7-5-27)19(29)30-14-9-20(21,22)10-14/h2-3,8,11-12,14H,4-7,9-10H2,1H3,(H,23,25). The van der Waals surface area contributed by atoms with Crippen molar-refractivity contribution in [3.63, 3.8) is 0 Å². The molecule has 1 amide bonds. The van der Waals surface area contributed by atoms with Gasteiger partial charge < -0.3 is 19.5 Å². The molecule has 0 aromatic carbocycles. The molecule has 158 valence electrons. The highest BCUT2D eigenvalue weighted by molar-refractivity contribution is 5.93. The second-order valence-corrected chi connectivity index (χ2v) is 7.92. The van der Waals surface area contributed by atoms with Crippen molar-refractivity contribution in [1.29, 1.82) is 0 Å². The minimum absolute atomic E-state index is 0.375. The van der Waals surface area contributed by atoms with Crippen LogP contribution < -0.4 is 4.90 Å². The summed E-state index contributed by atoms with van der Waals surface area (Å²) in [6.45, 7) is 2.21. The Kier molecular flexibility index (Phi) is 4.37. The van der Waals surface area contributed by atoms with E-state index in [0.717, 1.165) is 28.0 Å². The van der Waals surface area contributed by atoms with Gasteiger partial charge in [-0.25, -0.2) is 18.6 Å². The summed E-state index contributed by atoms with van der Waals surface area (Å²) >= 11 is 0. The summed E-state index contributed by atoms with van der Waals surface area (Å²) in [5.41, 5.74) is 3.75. The van der Waals surface area contributed by atoms with E-state index in [2.05, 4.69) is 26.0 Å². The second kappa shape index (κ2) is 6.96. The number of pyridine rings is 1. The highest BCUT2D eigenvalue weighted by Crippen LogP contribution is 2.39. The number of alkyl halides is 2. The Morgan fingerprint density at radius 3 is 2.70 bits per heavy atom. The van der Waals surface area contributed by atoms with E-state index in [9.17, 15) is 13.6 Å². The maximum absolute atomic E-state index is 12.9. The molecule has 1 aliphatic carbocycles. The lowest BCUT2D eigenvalue weighted by Crippen LogP contribution is -2.51.